The summed E-state index contributed by atoms with van der Waals surface area (Å²) in [4.78, 5) is 10.4. The Labute approximate surface area is 97.8 Å². The highest BCUT2D eigenvalue weighted by Gasteiger charge is 2.04. The smallest absolute Gasteiger partial charge is 0.128 e. The third kappa shape index (κ3) is 2.35. The van der Waals surface area contributed by atoms with Crippen molar-refractivity contribution in [1.29, 1.82) is 5.26 Å². The van der Waals surface area contributed by atoms with E-state index in [0.29, 0.717) is 5.56 Å². The van der Waals surface area contributed by atoms with Gasteiger partial charge in [0, 0.05) is 18.6 Å². The second-order valence-corrected chi connectivity index (χ2v) is 4.07. The minimum absolute atomic E-state index is 0.575. The van der Waals surface area contributed by atoms with Gasteiger partial charge in [-0.25, -0.2) is 9.97 Å². The van der Waals surface area contributed by atoms with Gasteiger partial charge >= 0.3 is 0 Å². The van der Waals surface area contributed by atoms with Crippen LogP contribution in [0.25, 0.3) is 0 Å². The molecule has 0 atom stereocenters. The van der Waals surface area contributed by atoms with Crippen molar-refractivity contribution in [2.45, 2.75) is 6.54 Å². The molecular formula is C11H10N4S. The molecule has 80 valence electrons. The van der Waals surface area contributed by atoms with E-state index in [4.69, 9.17) is 5.26 Å². The molecule has 0 amide bonds. The Bertz CT molecular complexity index is 484. The number of thiazole rings is 1. The highest BCUT2D eigenvalue weighted by molar-refractivity contribution is 7.07. The van der Waals surface area contributed by atoms with E-state index in [1.165, 1.54) is 0 Å². The first-order valence-corrected chi connectivity index (χ1v) is 5.68. The van der Waals surface area contributed by atoms with Crippen LogP contribution in [-0.2, 0) is 6.54 Å². The average Bonchev–Trinajstić information content (AvgIpc) is 2.82. The summed E-state index contributed by atoms with van der Waals surface area (Å²) < 4.78 is 0. The highest BCUT2D eigenvalue weighted by atomic mass is 32.1. The van der Waals surface area contributed by atoms with E-state index in [1.54, 1.807) is 23.6 Å². The second-order valence-electron chi connectivity index (χ2n) is 3.35. The number of pyridine rings is 1. The third-order valence-corrected chi connectivity index (χ3v) is 2.79. The molecular weight excluding hydrogens is 220 g/mol. The van der Waals surface area contributed by atoms with Crippen LogP contribution in [0.1, 0.15) is 11.3 Å². The zero-order chi connectivity index (χ0) is 11.4. The Morgan fingerprint density at radius 2 is 2.31 bits per heavy atom. The van der Waals surface area contributed by atoms with E-state index in [9.17, 15) is 0 Å². The maximum Gasteiger partial charge on any atom is 0.128 e. The van der Waals surface area contributed by atoms with Crippen LogP contribution in [0.15, 0.2) is 29.2 Å². The molecule has 16 heavy (non-hydrogen) atoms. The number of aromatic nitrogens is 2. The summed E-state index contributed by atoms with van der Waals surface area (Å²) in [7, 11) is 1.95. The Kier molecular flexibility index (Phi) is 3.13. The molecule has 0 aromatic carbocycles. The first-order valence-electron chi connectivity index (χ1n) is 4.74. The van der Waals surface area contributed by atoms with E-state index in [0.717, 1.165) is 18.1 Å². The van der Waals surface area contributed by atoms with Crippen LogP contribution in [0.5, 0.6) is 0 Å². The monoisotopic (exact) mass is 230 g/mol. The zero-order valence-corrected chi connectivity index (χ0v) is 9.61. The fourth-order valence-electron chi connectivity index (χ4n) is 1.32. The molecule has 2 aromatic rings. The lowest BCUT2D eigenvalue weighted by atomic mass is 10.3. The lowest BCUT2D eigenvalue weighted by molar-refractivity contribution is 0.874. The molecule has 0 fully saturated rings. The Balaban J connectivity index is 2.09. The minimum Gasteiger partial charge on any atom is -0.354 e. The molecule has 0 N–H and O–H groups in total. The van der Waals surface area contributed by atoms with Gasteiger partial charge in [-0.15, -0.1) is 11.3 Å². The first-order chi connectivity index (χ1) is 7.79. The van der Waals surface area contributed by atoms with Crippen molar-refractivity contribution in [2.24, 2.45) is 0 Å². The highest BCUT2D eigenvalue weighted by Crippen LogP contribution is 2.12. The van der Waals surface area contributed by atoms with Gasteiger partial charge < -0.3 is 4.90 Å². The number of hydrogen-bond acceptors (Lipinski definition) is 5. The van der Waals surface area contributed by atoms with Gasteiger partial charge in [-0.1, -0.05) is 0 Å². The topological polar surface area (TPSA) is 52.8 Å². The van der Waals surface area contributed by atoms with Gasteiger partial charge in [0.2, 0.25) is 0 Å². The van der Waals surface area contributed by atoms with Crippen molar-refractivity contribution in [3.63, 3.8) is 0 Å². The Hall–Kier alpha value is -1.93. The summed E-state index contributed by atoms with van der Waals surface area (Å²) in [5.41, 5.74) is 3.42. The van der Waals surface area contributed by atoms with E-state index in [1.807, 2.05) is 35.0 Å². The Morgan fingerprint density at radius 1 is 1.44 bits per heavy atom. The van der Waals surface area contributed by atoms with Gasteiger partial charge in [-0.05, 0) is 12.1 Å². The summed E-state index contributed by atoms with van der Waals surface area (Å²) in [6.07, 6.45) is 1.58. The number of anilines is 1. The lowest BCUT2D eigenvalue weighted by Crippen LogP contribution is -2.17. The number of hydrogen-bond donors (Lipinski definition) is 0. The van der Waals surface area contributed by atoms with Crippen LogP contribution in [-0.4, -0.2) is 17.0 Å². The third-order valence-electron chi connectivity index (χ3n) is 2.15. The minimum atomic E-state index is 0.575. The van der Waals surface area contributed by atoms with Gasteiger partial charge in [-0.3, -0.25) is 0 Å². The molecule has 0 saturated carbocycles. The maximum atomic E-state index is 8.66. The quantitative estimate of drug-likeness (QED) is 0.809. The van der Waals surface area contributed by atoms with Crippen LogP contribution < -0.4 is 4.90 Å². The van der Waals surface area contributed by atoms with Gasteiger partial charge in [0.15, 0.2) is 0 Å². The van der Waals surface area contributed by atoms with E-state index in [-0.39, 0.29) is 0 Å². The SMILES string of the molecule is CN(Cc1cscn1)c1ccc(C#N)cn1. The van der Waals surface area contributed by atoms with Crippen LogP contribution in [0.4, 0.5) is 5.82 Å². The van der Waals surface area contributed by atoms with Gasteiger partial charge in [-0.2, -0.15) is 5.26 Å². The van der Waals surface area contributed by atoms with Crippen molar-refractivity contribution in [3.05, 3.63) is 40.5 Å². The summed E-state index contributed by atoms with van der Waals surface area (Å²) >= 11 is 1.58. The predicted molar refractivity (Wildman–Crippen MR) is 63.2 cm³/mol. The van der Waals surface area contributed by atoms with Crippen LogP contribution in [0.3, 0.4) is 0 Å². The summed E-state index contributed by atoms with van der Waals surface area (Å²) in [5.74, 6) is 0.840. The zero-order valence-electron chi connectivity index (χ0n) is 8.79. The van der Waals surface area contributed by atoms with Crippen molar-refractivity contribution in [1.82, 2.24) is 9.97 Å². The standard InChI is InChI=1S/C11H10N4S/c1-15(6-10-7-16-8-14-10)11-3-2-9(4-12)5-13-11/h2-3,5,7-8H,6H2,1H3. The normalized spacial score (nSPS) is 9.75. The van der Waals surface area contributed by atoms with Crippen molar-refractivity contribution in [2.75, 3.05) is 11.9 Å². The van der Waals surface area contributed by atoms with Crippen LogP contribution >= 0.6 is 11.3 Å². The largest absolute Gasteiger partial charge is 0.354 e. The van der Waals surface area contributed by atoms with Gasteiger partial charge in [0.25, 0.3) is 0 Å². The van der Waals surface area contributed by atoms with Crippen molar-refractivity contribution >= 4 is 17.2 Å². The Morgan fingerprint density at radius 3 is 2.88 bits per heavy atom. The molecule has 5 heteroatoms. The first kappa shape index (κ1) is 10.6. The summed E-state index contributed by atoms with van der Waals surface area (Å²) in [5, 5.41) is 10.7. The molecule has 0 saturated heterocycles. The molecule has 0 unspecified atom stereocenters. The fourth-order valence-corrected chi connectivity index (χ4v) is 1.87. The lowest BCUT2D eigenvalue weighted by Gasteiger charge is -2.16. The molecule has 0 aliphatic carbocycles. The van der Waals surface area contributed by atoms with Crippen molar-refractivity contribution in [3.8, 4) is 6.07 Å². The fraction of sp³-hybridized carbons (Fsp3) is 0.182. The van der Waals surface area contributed by atoms with E-state index in [2.05, 4.69) is 9.97 Å². The number of rotatable bonds is 3. The molecule has 2 aromatic heterocycles. The molecule has 0 radical (unpaired) electrons. The van der Waals surface area contributed by atoms with Crippen LogP contribution in [0, 0.1) is 11.3 Å². The molecule has 0 aliphatic heterocycles. The molecule has 4 nitrogen and oxygen atoms in total. The van der Waals surface area contributed by atoms with Gasteiger partial charge in [0.05, 0.1) is 23.3 Å². The summed E-state index contributed by atoms with van der Waals surface area (Å²) in [6, 6.07) is 5.65. The van der Waals surface area contributed by atoms with Gasteiger partial charge in [0.1, 0.15) is 11.9 Å². The maximum absolute atomic E-state index is 8.66. The van der Waals surface area contributed by atoms with E-state index < -0.39 is 0 Å². The van der Waals surface area contributed by atoms with E-state index >= 15 is 0 Å². The molecule has 2 rings (SSSR count). The van der Waals surface area contributed by atoms with Crippen LogP contribution in [0.2, 0.25) is 0 Å². The number of nitrogens with zero attached hydrogens (tertiary/aromatic N) is 4. The summed E-state index contributed by atoms with van der Waals surface area (Å²) in [6.45, 7) is 0.725. The van der Waals surface area contributed by atoms with Crippen molar-refractivity contribution < 1.29 is 0 Å². The second kappa shape index (κ2) is 4.73. The molecule has 0 spiro atoms. The predicted octanol–water partition coefficient (Wildman–Crippen LogP) is 2.05. The number of nitriles is 1. The molecule has 0 bridgehead atoms. The average molecular weight is 230 g/mol. The molecule has 0 aliphatic rings. The molecule has 2 heterocycles.